The molecule has 2 aliphatic heterocycles. The molecule has 1 aromatic heterocycles. The number of rotatable bonds is 4. The lowest BCUT2D eigenvalue weighted by Gasteiger charge is -2.37. The molecule has 2 aliphatic rings. The van der Waals surface area contributed by atoms with Crippen molar-refractivity contribution >= 4 is 11.3 Å². The molecule has 3 heterocycles. The van der Waals surface area contributed by atoms with Gasteiger partial charge in [0.1, 0.15) is 17.7 Å². The summed E-state index contributed by atoms with van der Waals surface area (Å²) in [6.07, 6.45) is 1.19. The van der Waals surface area contributed by atoms with E-state index in [0.29, 0.717) is 11.8 Å². The average molecular weight is 332 g/mol. The fourth-order valence-corrected chi connectivity index (χ4v) is 4.32. The maximum Gasteiger partial charge on any atom is 0.126 e. The first-order valence-electron chi connectivity index (χ1n) is 8.16. The van der Waals surface area contributed by atoms with Gasteiger partial charge in [-0.05, 0) is 34.5 Å². The summed E-state index contributed by atoms with van der Waals surface area (Å²) in [5.74, 6) is 0.408. The van der Waals surface area contributed by atoms with Crippen molar-refractivity contribution in [1.29, 1.82) is 0 Å². The summed E-state index contributed by atoms with van der Waals surface area (Å²) >= 11 is 1.76. The summed E-state index contributed by atoms with van der Waals surface area (Å²) in [6, 6.07) is 9.23. The van der Waals surface area contributed by atoms with Gasteiger partial charge in [-0.15, -0.1) is 0 Å². The van der Waals surface area contributed by atoms with Gasteiger partial charge in [0.25, 0.3) is 0 Å². The molecule has 0 saturated carbocycles. The summed E-state index contributed by atoms with van der Waals surface area (Å²) in [4.78, 5) is 5.06. The van der Waals surface area contributed by atoms with E-state index in [1.807, 2.05) is 6.07 Å². The Morgan fingerprint density at radius 1 is 1.22 bits per heavy atom. The highest BCUT2D eigenvalue weighted by Gasteiger charge is 2.37. The molecule has 0 amide bonds. The first kappa shape index (κ1) is 15.1. The molecule has 4 rings (SSSR count). The number of nitrogens with zero attached hydrogens (tertiary/aromatic N) is 2. The van der Waals surface area contributed by atoms with Crippen LogP contribution in [0.1, 0.15) is 12.0 Å². The quantitative estimate of drug-likeness (QED) is 0.855. The molecule has 2 saturated heterocycles. The Kier molecular flexibility index (Phi) is 4.33. The van der Waals surface area contributed by atoms with Crippen molar-refractivity contribution in [1.82, 2.24) is 9.80 Å². The number of halogens is 1. The zero-order chi connectivity index (χ0) is 15.6. The number of thiophene rings is 1. The fraction of sp³-hybridized carbons (Fsp3) is 0.444. The lowest BCUT2D eigenvalue weighted by Crippen LogP contribution is -2.49. The van der Waals surface area contributed by atoms with Gasteiger partial charge in [-0.3, -0.25) is 9.80 Å². The van der Waals surface area contributed by atoms with E-state index in [0.717, 1.165) is 39.1 Å². The monoisotopic (exact) mass is 332 g/mol. The Labute approximate surface area is 140 Å². The van der Waals surface area contributed by atoms with Crippen LogP contribution in [0.3, 0.4) is 0 Å². The molecule has 0 aliphatic carbocycles. The van der Waals surface area contributed by atoms with E-state index in [4.69, 9.17) is 4.74 Å². The van der Waals surface area contributed by atoms with Crippen LogP contribution in [-0.2, 0) is 6.54 Å². The van der Waals surface area contributed by atoms with E-state index in [2.05, 4.69) is 26.6 Å². The van der Waals surface area contributed by atoms with Gasteiger partial charge in [-0.1, -0.05) is 6.07 Å². The summed E-state index contributed by atoms with van der Waals surface area (Å²) in [5.41, 5.74) is 1.41. The normalized spacial score (nSPS) is 25.4. The molecule has 0 unspecified atom stereocenters. The van der Waals surface area contributed by atoms with Crippen LogP contribution >= 0.6 is 11.3 Å². The summed E-state index contributed by atoms with van der Waals surface area (Å²) in [5, 5.41) is 4.38. The predicted octanol–water partition coefficient (Wildman–Crippen LogP) is 3.22. The van der Waals surface area contributed by atoms with E-state index in [-0.39, 0.29) is 11.9 Å². The van der Waals surface area contributed by atoms with Crippen LogP contribution in [0, 0.1) is 5.82 Å². The highest BCUT2D eigenvalue weighted by Crippen LogP contribution is 2.27. The van der Waals surface area contributed by atoms with E-state index in [1.165, 1.54) is 17.7 Å². The third-order valence-electron chi connectivity index (χ3n) is 4.75. The first-order valence-corrected chi connectivity index (χ1v) is 9.10. The van der Waals surface area contributed by atoms with Crippen molar-refractivity contribution in [3.05, 3.63) is 52.5 Å². The molecule has 2 fully saturated rings. The molecule has 0 spiro atoms. The van der Waals surface area contributed by atoms with Gasteiger partial charge in [-0.2, -0.15) is 11.3 Å². The van der Waals surface area contributed by atoms with Crippen LogP contribution in [0.2, 0.25) is 0 Å². The molecule has 0 N–H and O–H groups in total. The average Bonchev–Trinajstić information content (AvgIpc) is 3.16. The van der Waals surface area contributed by atoms with E-state index < -0.39 is 0 Å². The Bertz CT molecular complexity index is 648. The Morgan fingerprint density at radius 3 is 3.00 bits per heavy atom. The third kappa shape index (κ3) is 3.57. The molecule has 122 valence electrons. The van der Waals surface area contributed by atoms with Crippen LogP contribution in [0.25, 0.3) is 0 Å². The van der Waals surface area contributed by atoms with Gasteiger partial charge < -0.3 is 4.74 Å². The van der Waals surface area contributed by atoms with Crippen molar-refractivity contribution in [3.63, 3.8) is 0 Å². The molecule has 2 atom stereocenters. The predicted molar refractivity (Wildman–Crippen MR) is 90.4 cm³/mol. The zero-order valence-electron chi connectivity index (χ0n) is 13.0. The van der Waals surface area contributed by atoms with Crippen molar-refractivity contribution in [2.24, 2.45) is 0 Å². The van der Waals surface area contributed by atoms with Gasteiger partial charge in [0.15, 0.2) is 0 Å². The van der Waals surface area contributed by atoms with Crippen molar-refractivity contribution < 1.29 is 9.13 Å². The maximum atomic E-state index is 13.3. The van der Waals surface area contributed by atoms with Gasteiger partial charge >= 0.3 is 0 Å². The highest BCUT2D eigenvalue weighted by molar-refractivity contribution is 7.07. The standard InChI is InChI=1S/C18H21FN2OS/c19-15-2-1-3-17(8-15)22-18-9-16-11-20(5-6-21(16)12-18)10-14-4-7-23-13-14/h1-4,7-8,13,16,18H,5-6,9-12H2/t16-,18-/m1/s1. The van der Waals surface area contributed by atoms with Crippen LogP contribution in [0.15, 0.2) is 41.1 Å². The number of ether oxygens (including phenoxy) is 1. The molecule has 5 heteroatoms. The number of hydrogen-bond donors (Lipinski definition) is 0. The molecule has 1 aromatic carbocycles. The van der Waals surface area contributed by atoms with E-state index >= 15 is 0 Å². The largest absolute Gasteiger partial charge is 0.489 e. The summed E-state index contributed by atoms with van der Waals surface area (Å²) in [6.45, 7) is 5.30. The topological polar surface area (TPSA) is 15.7 Å². The van der Waals surface area contributed by atoms with Crippen LogP contribution in [0.4, 0.5) is 4.39 Å². The summed E-state index contributed by atoms with van der Waals surface area (Å²) in [7, 11) is 0. The van der Waals surface area contributed by atoms with E-state index in [1.54, 1.807) is 17.4 Å². The lowest BCUT2D eigenvalue weighted by atomic mass is 10.1. The van der Waals surface area contributed by atoms with Gasteiger partial charge in [0.2, 0.25) is 0 Å². The minimum atomic E-state index is -0.236. The second-order valence-corrected chi connectivity index (χ2v) is 7.23. The number of benzene rings is 1. The second kappa shape index (κ2) is 6.59. The molecule has 2 aromatic rings. The van der Waals surface area contributed by atoms with Crippen LogP contribution < -0.4 is 4.74 Å². The van der Waals surface area contributed by atoms with Gasteiger partial charge in [0.05, 0.1) is 0 Å². The maximum absolute atomic E-state index is 13.3. The Morgan fingerprint density at radius 2 is 2.17 bits per heavy atom. The molecule has 0 bridgehead atoms. The molecule has 23 heavy (non-hydrogen) atoms. The molecule has 3 nitrogen and oxygen atoms in total. The molecule has 0 radical (unpaired) electrons. The number of fused-ring (bicyclic) bond motifs is 1. The highest BCUT2D eigenvalue weighted by atomic mass is 32.1. The zero-order valence-corrected chi connectivity index (χ0v) is 13.8. The van der Waals surface area contributed by atoms with Crippen molar-refractivity contribution in [2.75, 3.05) is 26.2 Å². The second-order valence-electron chi connectivity index (χ2n) is 6.45. The minimum absolute atomic E-state index is 0.169. The Hall–Kier alpha value is -1.43. The Balaban J connectivity index is 1.34. The van der Waals surface area contributed by atoms with Crippen molar-refractivity contribution in [3.8, 4) is 5.75 Å². The van der Waals surface area contributed by atoms with Crippen LogP contribution in [0.5, 0.6) is 5.75 Å². The van der Waals surface area contributed by atoms with Crippen molar-refractivity contribution in [2.45, 2.75) is 25.1 Å². The lowest BCUT2D eigenvalue weighted by molar-refractivity contribution is 0.0979. The SMILES string of the molecule is Fc1cccc(O[C@@H]2C[C@@H]3CN(Cc4ccsc4)CCN3C2)c1. The summed E-state index contributed by atoms with van der Waals surface area (Å²) < 4.78 is 19.3. The van der Waals surface area contributed by atoms with Gasteiger partial charge in [-0.25, -0.2) is 4.39 Å². The van der Waals surface area contributed by atoms with Crippen LogP contribution in [-0.4, -0.2) is 48.1 Å². The van der Waals surface area contributed by atoms with Gasteiger partial charge in [0, 0.05) is 51.3 Å². The smallest absolute Gasteiger partial charge is 0.126 e. The number of piperazine rings is 1. The third-order valence-corrected chi connectivity index (χ3v) is 5.48. The minimum Gasteiger partial charge on any atom is -0.489 e. The molecular weight excluding hydrogens is 311 g/mol. The molecular formula is C18H21FN2OS. The fourth-order valence-electron chi connectivity index (χ4n) is 3.66. The number of hydrogen-bond acceptors (Lipinski definition) is 4. The first-order chi connectivity index (χ1) is 11.3. The van der Waals surface area contributed by atoms with E-state index in [9.17, 15) is 4.39 Å².